The molecule has 1 heterocycles. The molecule has 4 nitrogen and oxygen atoms in total. The number of allylic oxidation sites excluding steroid dienone is 1. The molecule has 3 rings (SSSR count). The largest absolute Gasteiger partial charge is 0.458 e. The van der Waals surface area contributed by atoms with E-state index in [1.54, 1.807) is 0 Å². The van der Waals surface area contributed by atoms with Crippen LogP contribution in [-0.4, -0.2) is 23.4 Å². The molecule has 0 aromatic heterocycles. The van der Waals surface area contributed by atoms with Crippen LogP contribution in [0.4, 0.5) is 22.0 Å². The van der Waals surface area contributed by atoms with Crippen molar-refractivity contribution in [1.29, 1.82) is 0 Å². The van der Waals surface area contributed by atoms with E-state index in [4.69, 9.17) is 4.74 Å². The highest BCUT2D eigenvalue weighted by Crippen LogP contribution is 2.43. The van der Waals surface area contributed by atoms with E-state index in [1.165, 1.54) is 37.3 Å². The molecule has 33 heavy (non-hydrogen) atoms. The molecule has 1 amide bonds. The van der Waals surface area contributed by atoms with Crippen molar-refractivity contribution in [3.8, 4) is 0 Å². The molecule has 0 spiro atoms. The van der Waals surface area contributed by atoms with E-state index >= 15 is 0 Å². The van der Waals surface area contributed by atoms with Crippen molar-refractivity contribution in [1.82, 2.24) is 4.90 Å². The van der Waals surface area contributed by atoms with Crippen LogP contribution in [-0.2, 0) is 27.0 Å². The van der Waals surface area contributed by atoms with Gasteiger partial charge >= 0.3 is 12.1 Å². The van der Waals surface area contributed by atoms with Crippen LogP contribution in [0.2, 0.25) is 0 Å². The van der Waals surface area contributed by atoms with E-state index in [1.807, 2.05) is 0 Å². The summed E-state index contributed by atoms with van der Waals surface area (Å²) in [5.41, 5.74) is -0.980. The molecule has 2 aromatic carbocycles. The molecule has 0 fully saturated rings. The van der Waals surface area contributed by atoms with Crippen molar-refractivity contribution in [2.45, 2.75) is 32.0 Å². The van der Waals surface area contributed by atoms with Crippen molar-refractivity contribution in [3.63, 3.8) is 0 Å². The first-order valence-electron chi connectivity index (χ1n) is 9.93. The lowest BCUT2D eigenvalue weighted by Crippen LogP contribution is -2.38. The number of alkyl halides is 3. The number of esters is 1. The molecule has 174 valence electrons. The van der Waals surface area contributed by atoms with E-state index in [9.17, 15) is 31.5 Å². The number of nitrogens with zero attached hydrogens (tertiary/aromatic N) is 1. The normalized spacial score (nSPS) is 16.7. The molecule has 9 heteroatoms. The average molecular weight is 465 g/mol. The van der Waals surface area contributed by atoms with Gasteiger partial charge in [-0.1, -0.05) is 36.9 Å². The van der Waals surface area contributed by atoms with Crippen LogP contribution in [0, 0.1) is 11.6 Å². The molecule has 0 aliphatic carbocycles. The Morgan fingerprint density at radius 2 is 1.88 bits per heavy atom. The molecule has 1 atom stereocenters. The van der Waals surface area contributed by atoms with Gasteiger partial charge in [-0.05, 0) is 36.2 Å². The van der Waals surface area contributed by atoms with Crippen molar-refractivity contribution in [2.75, 3.05) is 6.61 Å². The number of ether oxygens (including phenoxy) is 1. The zero-order chi connectivity index (χ0) is 24.3. The van der Waals surface area contributed by atoms with Gasteiger partial charge in [0.25, 0.3) is 0 Å². The van der Waals surface area contributed by atoms with Gasteiger partial charge in [-0.25, -0.2) is 13.6 Å². The van der Waals surface area contributed by atoms with E-state index in [0.29, 0.717) is 0 Å². The van der Waals surface area contributed by atoms with Crippen molar-refractivity contribution < 1.29 is 36.3 Å². The van der Waals surface area contributed by atoms with Crippen LogP contribution < -0.4 is 0 Å². The summed E-state index contributed by atoms with van der Waals surface area (Å²) in [6.07, 6.45) is -3.83. The summed E-state index contributed by atoms with van der Waals surface area (Å²) in [6, 6.07) is 7.81. The Kier molecular flexibility index (Phi) is 7.00. The Balaban J connectivity index is 2.11. The number of benzene rings is 2. The molecular weight excluding hydrogens is 445 g/mol. The smallest absolute Gasteiger partial charge is 0.416 e. The number of carbonyl (C=O) groups is 2. The molecule has 0 bridgehead atoms. The summed E-state index contributed by atoms with van der Waals surface area (Å²) in [4.78, 5) is 27.0. The SMILES string of the molecule is C=CCOC(=O)C1=C(C)N(Cc2ccc(F)c(F)c2)C(=O)CC1c1ccccc1C(F)(F)F. The second-order valence-corrected chi connectivity index (χ2v) is 7.46. The van der Waals surface area contributed by atoms with Gasteiger partial charge in [0.2, 0.25) is 5.91 Å². The summed E-state index contributed by atoms with van der Waals surface area (Å²) in [5.74, 6) is -4.83. The van der Waals surface area contributed by atoms with Gasteiger partial charge in [-0.3, -0.25) is 4.79 Å². The predicted octanol–water partition coefficient (Wildman–Crippen LogP) is 5.50. The third kappa shape index (κ3) is 5.13. The minimum Gasteiger partial charge on any atom is -0.458 e. The van der Waals surface area contributed by atoms with Crippen LogP contribution in [0.5, 0.6) is 0 Å². The fraction of sp³-hybridized carbons (Fsp3) is 0.250. The number of rotatable bonds is 6. The van der Waals surface area contributed by atoms with Gasteiger partial charge in [0.05, 0.1) is 17.7 Å². The average Bonchev–Trinajstić information content (AvgIpc) is 2.76. The number of hydrogen-bond donors (Lipinski definition) is 0. The van der Waals surface area contributed by atoms with Gasteiger partial charge in [0, 0.05) is 18.0 Å². The fourth-order valence-electron chi connectivity index (χ4n) is 3.83. The van der Waals surface area contributed by atoms with Crippen molar-refractivity contribution in [3.05, 3.63) is 94.7 Å². The topological polar surface area (TPSA) is 46.6 Å². The first kappa shape index (κ1) is 24.2. The third-order valence-corrected chi connectivity index (χ3v) is 5.34. The summed E-state index contributed by atoms with van der Waals surface area (Å²) < 4.78 is 73.0. The Bertz CT molecular complexity index is 1120. The van der Waals surface area contributed by atoms with E-state index < -0.39 is 47.6 Å². The van der Waals surface area contributed by atoms with Gasteiger partial charge in [0.1, 0.15) is 6.61 Å². The van der Waals surface area contributed by atoms with Crippen LogP contribution in [0.25, 0.3) is 0 Å². The molecule has 1 unspecified atom stereocenters. The van der Waals surface area contributed by atoms with Gasteiger partial charge in [-0.2, -0.15) is 13.2 Å². The highest BCUT2D eigenvalue weighted by molar-refractivity contribution is 5.96. The molecular formula is C24H20F5NO3. The van der Waals surface area contributed by atoms with Crippen molar-refractivity contribution >= 4 is 11.9 Å². The van der Waals surface area contributed by atoms with E-state index in [2.05, 4.69) is 6.58 Å². The number of amides is 1. The Hall–Kier alpha value is -3.49. The maximum atomic E-state index is 13.7. The van der Waals surface area contributed by atoms with E-state index in [0.717, 1.165) is 23.1 Å². The number of halogens is 5. The maximum Gasteiger partial charge on any atom is 0.416 e. The number of hydrogen-bond acceptors (Lipinski definition) is 3. The Morgan fingerprint density at radius 1 is 1.18 bits per heavy atom. The second-order valence-electron chi connectivity index (χ2n) is 7.46. The first-order valence-corrected chi connectivity index (χ1v) is 9.93. The molecule has 0 saturated heterocycles. The highest BCUT2D eigenvalue weighted by Gasteiger charge is 2.42. The lowest BCUT2D eigenvalue weighted by molar-refractivity contribution is -0.142. The van der Waals surface area contributed by atoms with E-state index in [-0.39, 0.29) is 35.5 Å². The summed E-state index contributed by atoms with van der Waals surface area (Å²) in [7, 11) is 0. The summed E-state index contributed by atoms with van der Waals surface area (Å²) in [6.45, 7) is 4.47. The highest BCUT2D eigenvalue weighted by atomic mass is 19.4. The lowest BCUT2D eigenvalue weighted by Gasteiger charge is -2.35. The fourth-order valence-corrected chi connectivity index (χ4v) is 3.83. The zero-order valence-electron chi connectivity index (χ0n) is 17.6. The minimum absolute atomic E-state index is 0.0759. The monoisotopic (exact) mass is 465 g/mol. The van der Waals surface area contributed by atoms with Gasteiger partial charge < -0.3 is 9.64 Å². The molecule has 1 aliphatic rings. The standard InChI is InChI=1S/C24H20F5NO3/c1-3-10-33-23(32)22-14(2)30(13-15-8-9-19(25)20(26)11-15)21(31)12-17(22)16-6-4-5-7-18(16)24(27,28)29/h3-9,11,17H,1,10,12-13H2,2H3. The molecule has 2 aromatic rings. The maximum absolute atomic E-state index is 13.7. The minimum atomic E-state index is -4.70. The van der Waals surface area contributed by atoms with Gasteiger partial charge in [0.15, 0.2) is 11.6 Å². The van der Waals surface area contributed by atoms with Crippen LogP contribution in [0.15, 0.2) is 66.4 Å². The zero-order valence-corrected chi connectivity index (χ0v) is 17.6. The van der Waals surface area contributed by atoms with Crippen LogP contribution in [0.3, 0.4) is 0 Å². The van der Waals surface area contributed by atoms with Crippen LogP contribution >= 0.6 is 0 Å². The second kappa shape index (κ2) is 9.56. The summed E-state index contributed by atoms with van der Waals surface area (Å²) in [5, 5.41) is 0. The first-order chi connectivity index (χ1) is 15.5. The lowest BCUT2D eigenvalue weighted by atomic mass is 9.81. The quantitative estimate of drug-likeness (QED) is 0.322. The predicted molar refractivity (Wildman–Crippen MR) is 110 cm³/mol. The summed E-state index contributed by atoms with van der Waals surface area (Å²) >= 11 is 0. The third-order valence-electron chi connectivity index (χ3n) is 5.34. The van der Waals surface area contributed by atoms with Gasteiger partial charge in [-0.15, -0.1) is 0 Å². The molecule has 0 N–H and O–H groups in total. The Labute approximate surface area is 187 Å². The molecule has 1 aliphatic heterocycles. The number of carbonyl (C=O) groups excluding carboxylic acids is 2. The molecule has 0 saturated carbocycles. The van der Waals surface area contributed by atoms with Crippen molar-refractivity contribution in [2.24, 2.45) is 0 Å². The van der Waals surface area contributed by atoms with Crippen LogP contribution in [0.1, 0.15) is 36.0 Å². The molecule has 0 radical (unpaired) electrons. The Morgan fingerprint density at radius 3 is 2.52 bits per heavy atom.